The number of amides is 1. The van der Waals surface area contributed by atoms with Gasteiger partial charge in [0.05, 0.1) is 10.6 Å². The molecule has 0 fully saturated rings. The van der Waals surface area contributed by atoms with E-state index in [0.29, 0.717) is 21.1 Å². The van der Waals surface area contributed by atoms with E-state index in [0.717, 1.165) is 29.8 Å². The van der Waals surface area contributed by atoms with Gasteiger partial charge in [-0.2, -0.15) is 8.42 Å². The van der Waals surface area contributed by atoms with E-state index < -0.39 is 46.5 Å². The molecule has 2 aromatic carbocycles. The molecule has 0 saturated heterocycles. The Labute approximate surface area is 223 Å². The molecule has 0 atom stereocenters. The number of nitrogens with one attached hydrogen (secondary N) is 1. The minimum Gasteiger partial charge on any atom is -0.406 e. The second kappa shape index (κ2) is 11.5. The second-order valence-corrected chi connectivity index (χ2v) is 13.4. The number of aromatic nitrogens is 1. The Morgan fingerprint density at radius 3 is 2.21 bits per heavy atom. The molecule has 0 aliphatic heterocycles. The topological polar surface area (TPSA) is 123 Å². The maximum Gasteiger partial charge on any atom is 0.573 e. The number of rotatable bonds is 10. The number of carbonyl (C=O) groups is 1. The molecule has 1 N–H and O–H groups in total. The molecule has 1 aromatic heterocycles. The van der Waals surface area contributed by atoms with Gasteiger partial charge in [-0.25, -0.2) is 8.42 Å². The number of ether oxygens (including phenoxy) is 1. The van der Waals surface area contributed by atoms with E-state index in [1.807, 2.05) is 0 Å². The quantitative estimate of drug-likeness (QED) is 0.281. The summed E-state index contributed by atoms with van der Waals surface area (Å²) in [6.45, 7) is 6.09. The van der Waals surface area contributed by atoms with Crippen molar-refractivity contribution in [3.8, 4) is 17.0 Å². The standard InChI is InChI=1S/C25H24F3N3O6S2/c1-4-31(39(35,36)38(33,34)22-11-5-17(2)6-12-22)18(3)24(32)30-16-19-13-14-29-23(15-19)20-7-9-21(10-8-20)37-25(26,27)28/h5-15H,3-4,16H2,1-2H3,(H,30,32). The summed E-state index contributed by atoms with van der Waals surface area (Å²) in [7, 11) is -9.93. The number of pyridine rings is 1. The third-order valence-corrected chi connectivity index (χ3v) is 10.6. The average molecular weight is 584 g/mol. The highest BCUT2D eigenvalue weighted by Gasteiger charge is 2.39. The van der Waals surface area contributed by atoms with Gasteiger partial charge >= 0.3 is 24.3 Å². The van der Waals surface area contributed by atoms with Crippen molar-refractivity contribution >= 4 is 23.8 Å². The summed E-state index contributed by atoms with van der Waals surface area (Å²) in [6.07, 6.45) is -3.40. The van der Waals surface area contributed by atoms with Crippen LogP contribution in [0.25, 0.3) is 11.3 Å². The van der Waals surface area contributed by atoms with Crippen molar-refractivity contribution in [3.63, 3.8) is 0 Å². The summed E-state index contributed by atoms with van der Waals surface area (Å²) in [5.41, 5.74) is 1.53. The lowest BCUT2D eigenvalue weighted by molar-refractivity contribution is -0.274. The molecule has 1 amide bonds. The Morgan fingerprint density at radius 2 is 1.64 bits per heavy atom. The first-order valence-corrected chi connectivity index (χ1v) is 14.7. The number of halogens is 3. The number of nitrogens with zero attached hydrogens (tertiary/aromatic N) is 2. The fourth-order valence-electron chi connectivity index (χ4n) is 3.40. The van der Waals surface area contributed by atoms with Gasteiger partial charge < -0.3 is 10.1 Å². The molecule has 0 aliphatic rings. The molecule has 0 aliphatic carbocycles. The zero-order chi connectivity index (χ0) is 29.0. The Bertz CT molecular complexity index is 1570. The number of benzene rings is 2. The Hall–Kier alpha value is -3.91. The van der Waals surface area contributed by atoms with E-state index in [9.17, 15) is 34.8 Å². The van der Waals surface area contributed by atoms with Crippen molar-refractivity contribution in [2.24, 2.45) is 0 Å². The Balaban J connectivity index is 1.72. The van der Waals surface area contributed by atoms with E-state index in [1.54, 1.807) is 19.1 Å². The molecular formula is C25H24F3N3O6S2. The van der Waals surface area contributed by atoms with Crippen LogP contribution in [0.1, 0.15) is 18.1 Å². The predicted molar refractivity (Wildman–Crippen MR) is 137 cm³/mol. The van der Waals surface area contributed by atoms with Crippen LogP contribution in [0.15, 0.2) is 84.0 Å². The fraction of sp³-hybridized carbons (Fsp3) is 0.200. The van der Waals surface area contributed by atoms with Crippen LogP contribution in [0.4, 0.5) is 13.2 Å². The Kier molecular flexibility index (Phi) is 8.70. The molecule has 3 rings (SSSR count). The zero-order valence-corrected chi connectivity index (χ0v) is 22.4. The van der Waals surface area contributed by atoms with Crippen molar-refractivity contribution in [2.75, 3.05) is 6.54 Å². The van der Waals surface area contributed by atoms with Gasteiger partial charge in [-0.3, -0.25) is 14.1 Å². The second-order valence-electron chi connectivity index (χ2n) is 8.14. The maximum atomic E-state index is 13.0. The molecule has 39 heavy (non-hydrogen) atoms. The largest absolute Gasteiger partial charge is 0.573 e. The molecule has 3 aromatic rings. The summed E-state index contributed by atoms with van der Waals surface area (Å²) in [5, 5.41) is 2.49. The lowest BCUT2D eigenvalue weighted by atomic mass is 10.1. The summed E-state index contributed by atoms with van der Waals surface area (Å²) in [4.78, 5) is 16.5. The van der Waals surface area contributed by atoms with Gasteiger partial charge in [-0.05, 0) is 67.9 Å². The summed E-state index contributed by atoms with van der Waals surface area (Å²) >= 11 is 0. The number of likely N-dealkylation sites (N-methyl/N-ethyl adjacent to an activating group) is 1. The SMILES string of the molecule is C=C(C(=O)NCc1ccnc(-c2ccc(OC(F)(F)F)cc2)c1)N(CC)S(=O)(=O)S(=O)(=O)c1ccc(C)cc1. The lowest BCUT2D eigenvalue weighted by Gasteiger charge is -2.23. The van der Waals surface area contributed by atoms with Crippen molar-refractivity contribution < 1.29 is 39.5 Å². The van der Waals surface area contributed by atoms with E-state index in [4.69, 9.17) is 0 Å². The summed E-state index contributed by atoms with van der Waals surface area (Å²) in [6, 6.07) is 13.4. The normalized spacial score (nSPS) is 12.0. The van der Waals surface area contributed by atoms with E-state index in [-0.39, 0.29) is 13.1 Å². The molecule has 9 nitrogen and oxygen atoms in total. The molecular weight excluding hydrogens is 559 g/mol. The van der Waals surface area contributed by atoms with Crippen LogP contribution in [0, 0.1) is 6.92 Å². The average Bonchev–Trinajstić information content (AvgIpc) is 2.87. The first kappa shape index (κ1) is 29.6. The first-order chi connectivity index (χ1) is 18.2. The van der Waals surface area contributed by atoms with E-state index in [1.165, 1.54) is 37.4 Å². The third-order valence-electron chi connectivity index (χ3n) is 5.37. The number of aryl methyl sites for hydroxylation is 1. The zero-order valence-electron chi connectivity index (χ0n) is 20.8. The fourth-order valence-corrected chi connectivity index (χ4v) is 7.37. The van der Waals surface area contributed by atoms with Crippen molar-refractivity contribution in [3.05, 3.63) is 90.3 Å². The van der Waals surface area contributed by atoms with Gasteiger partial charge in [0.25, 0.3) is 5.91 Å². The first-order valence-electron chi connectivity index (χ1n) is 11.3. The number of alkyl halides is 3. The van der Waals surface area contributed by atoms with Crippen LogP contribution in [-0.4, -0.2) is 44.9 Å². The van der Waals surface area contributed by atoms with Crippen LogP contribution >= 0.6 is 0 Å². The molecule has 0 radical (unpaired) electrons. The monoisotopic (exact) mass is 583 g/mol. The van der Waals surface area contributed by atoms with Gasteiger partial charge in [0, 0.05) is 24.8 Å². The number of carbonyl (C=O) groups excluding carboxylic acids is 1. The minimum absolute atomic E-state index is 0.106. The molecule has 0 bridgehead atoms. The highest BCUT2D eigenvalue weighted by Crippen LogP contribution is 2.27. The van der Waals surface area contributed by atoms with Crippen molar-refractivity contribution in [1.82, 2.24) is 14.6 Å². The van der Waals surface area contributed by atoms with Gasteiger partial charge in [-0.15, -0.1) is 13.2 Å². The van der Waals surface area contributed by atoms with Gasteiger partial charge in [0.1, 0.15) is 11.4 Å². The predicted octanol–water partition coefficient (Wildman–Crippen LogP) is 4.13. The summed E-state index contributed by atoms with van der Waals surface area (Å²) < 4.78 is 93.1. The molecule has 0 spiro atoms. The summed E-state index contributed by atoms with van der Waals surface area (Å²) in [5.74, 6) is -1.32. The van der Waals surface area contributed by atoms with Crippen molar-refractivity contribution in [2.45, 2.75) is 31.7 Å². The number of hydrogen-bond acceptors (Lipinski definition) is 7. The molecule has 0 unspecified atom stereocenters. The molecule has 208 valence electrons. The van der Waals surface area contributed by atoms with Crippen LogP contribution < -0.4 is 10.1 Å². The van der Waals surface area contributed by atoms with E-state index >= 15 is 0 Å². The third kappa shape index (κ3) is 6.95. The lowest BCUT2D eigenvalue weighted by Crippen LogP contribution is -2.40. The maximum absolute atomic E-state index is 13.0. The Morgan fingerprint density at radius 1 is 1.03 bits per heavy atom. The molecule has 14 heteroatoms. The van der Waals surface area contributed by atoms with Gasteiger partial charge in [0.15, 0.2) is 0 Å². The van der Waals surface area contributed by atoms with Crippen molar-refractivity contribution in [1.29, 1.82) is 0 Å². The van der Waals surface area contributed by atoms with Crippen LogP contribution in [0.2, 0.25) is 0 Å². The van der Waals surface area contributed by atoms with Gasteiger partial charge in [0.2, 0.25) is 0 Å². The highest BCUT2D eigenvalue weighted by molar-refractivity contribution is 8.66. The molecule has 0 saturated carbocycles. The highest BCUT2D eigenvalue weighted by atomic mass is 33.2. The van der Waals surface area contributed by atoms with Gasteiger partial charge in [-0.1, -0.05) is 24.3 Å². The minimum atomic E-state index is -5.05. The van der Waals surface area contributed by atoms with Crippen LogP contribution in [0.5, 0.6) is 5.75 Å². The van der Waals surface area contributed by atoms with E-state index in [2.05, 4.69) is 21.6 Å². The molecule has 1 heterocycles. The van der Waals surface area contributed by atoms with Crippen LogP contribution in [0.3, 0.4) is 0 Å². The van der Waals surface area contributed by atoms with Crippen LogP contribution in [-0.2, 0) is 29.3 Å². The number of hydrogen-bond donors (Lipinski definition) is 1. The smallest absolute Gasteiger partial charge is 0.406 e.